The Kier molecular flexibility index (Phi) is 3.81. The Morgan fingerprint density at radius 1 is 1.44 bits per heavy atom. The molecule has 0 fully saturated rings. The SMILES string of the molecule is CCC(CC)NC(=O)c1ccc2nc(N)sc2c1. The minimum atomic E-state index is -0.0300. The first-order valence-electron chi connectivity index (χ1n) is 6.11. The summed E-state index contributed by atoms with van der Waals surface area (Å²) >= 11 is 1.40. The number of carbonyl (C=O) groups excluding carboxylic acids is 1. The van der Waals surface area contributed by atoms with Gasteiger partial charge in [0.15, 0.2) is 5.13 Å². The second kappa shape index (κ2) is 5.35. The minimum absolute atomic E-state index is 0.0300. The standard InChI is InChI=1S/C13H17N3OS/c1-3-9(4-2)15-12(17)8-5-6-10-11(7-8)18-13(14)16-10/h5-7,9H,3-4H2,1-2H3,(H2,14,16)(H,15,17). The number of benzene rings is 1. The van der Waals surface area contributed by atoms with Gasteiger partial charge >= 0.3 is 0 Å². The molecule has 1 amide bonds. The topological polar surface area (TPSA) is 68.0 Å². The molecule has 0 saturated heterocycles. The Bertz CT molecular complexity index is 560. The van der Waals surface area contributed by atoms with Crippen LogP contribution in [0.15, 0.2) is 18.2 Å². The van der Waals surface area contributed by atoms with E-state index in [9.17, 15) is 4.79 Å². The molecule has 5 heteroatoms. The number of nitrogens with zero attached hydrogens (tertiary/aromatic N) is 1. The number of fused-ring (bicyclic) bond motifs is 1. The maximum atomic E-state index is 12.1. The van der Waals surface area contributed by atoms with E-state index in [0.29, 0.717) is 10.7 Å². The maximum Gasteiger partial charge on any atom is 0.251 e. The highest BCUT2D eigenvalue weighted by Gasteiger charge is 2.12. The molecule has 2 aromatic rings. The average molecular weight is 263 g/mol. The largest absolute Gasteiger partial charge is 0.375 e. The van der Waals surface area contributed by atoms with Crippen molar-refractivity contribution in [3.05, 3.63) is 23.8 Å². The average Bonchev–Trinajstić information content (AvgIpc) is 2.74. The molecule has 0 unspecified atom stereocenters. The van der Waals surface area contributed by atoms with Crippen LogP contribution in [-0.4, -0.2) is 16.9 Å². The predicted molar refractivity (Wildman–Crippen MR) is 75.9 cm³/mol. The number of rotatable bonds is 4. The lowest BCUT2D eigenvalue weighted by molar-refractivity contribution is 0.0935. The zero-order valence-corrected chi connectivity index (χ0v) is 11.4. The van der Waals surface area contributed by atoms with Crippen molar-refractivity contribution in [2.24, 2.45) is 0 Å². The van der Waals surface area contributed by atoms with Crippen LogP contribution in [0, 0.1) is 0 Å². The van der Waals surface area contributed by atoms with Crippen molar-refractivity contribution in [3.63, 3.8) is 0 Å². The summed E-state index contributed by atoms with van der Waals surface area (Å²) < 4.78 is 0.949. The van der Waals surface area contributed by atoms with E-state index in [4.69, 9.17) is 5.73 Å². The van der Waals surface area contributed by atoms with Crippen molar-refractivity contribution in [2.75, 3.05) is 5.73 Å². The van der Waals surface area contributed by atoms with E-state index in [-0.39, 0.29) is 11.9 Å². The van der Waals surface area contributed by atoms with E-state index in [2.05, 4.69) is 24.1 Å². The highest BCUT2D eigenvalue weighted by molar-refractivity contribution is 7.22. The number of nitrogens with one attached hydrogen (secondary N) is 1. The van der Waals surface area contributed by atoms with Crippen LogP contribution in [0.4, 0.5) is 5.13 Å². The lowest BCUT2D eigenvalue weighted by Gasteiger charge is -2.14. The third kappa shape index (κ3) is 2.61. The first-order valence-corrected chi connectivity index (χ1v) is 6.92. The van der Waals surface area contributed by atoms with Crippen molar-refractivity contribution < 1.29 is 4.79 Å². The van der Waals surface area contributed by atoms with Crippen LogP contribution in [0.1, 0.15) is 37.0 Å². The summed E-state index contributed by atoms with van der Waals surface area (Å²) in [5, 5.41) is 3.55. The lowest BCUT2D eigenvalue weighted by atomic mass is 10.1. The predicted octanol–water partition coefficient (Wildman–Crippen LogP) is 2.80. The van der Waals surface area contributed by atoms with Crippen LogP contribution in [0.25, 0.3) is 10.2 Å². The molecule has 0 saturated carbocycles. The Morgan fingerprint density at radius 3 is 2.83 bits per heavy atom. The van der Waals surface area contributed by atoms with E-state index in [1.165, 1.54) is 11.3 Å². The molecule has 0 atom stereocenters. The number of aromatic nitrogens is 1. The summed E-state index contributed by atoms with van der Waals surface area (Å²) in [6, 6.07) is 5.71. The summed E-state index contributed by atoms with van der Waals surface area (Å²) in [5.74, 6) is -0.0300. The molecule has 3 N–H and O–H groups in total. The molecule has 0 spiro atoms. The van der Waals surface area contributed by atoms with Gasteiger partial charge in [-0.3, -0.25) is 4.79 Å². The fraction of sp³-hybridized carbons (Fsp3) is 0.385. The van der Waals surface area contributed by atoms with E-state index < -0.39 is 0 Å². The molecule has 0 aliphatic rings. The monoisotopic (exact) mass is 263 g/mol. The third-order valence-corrected chi connectivity index (χ3v) is 3.84. The van der Waals surface area contributed by atoms with Crippen molar-refractivity contribution >= 4 is 32.6 Å². The van der Waals surface area contributed by atoms with Gasteiger partial charge in [0, 0.05) is 11.6 Å². The number of nitrogen functional groups attached to an aromatic ring is 1. The van der Waals surface area contributed by atoms with Crippen molar-refractivity contribution in [3.8, 4) is 0 Å². The molecule has 1 aromatic carbocycles. The molecule has 0 radical (unpaired) electrons. The molecule has 1 aromatic heterocycles. The lowest BCUT2D eigenvalue weighted by Crippen LogP contribution is -2.33. The van der Waals surface area contributed by atoms with Gasteiger partial charge in [0.2, 0.25) is 0 Å². The fourth-order valence-corrected chi connectivity index (χ4v) is 2.62. The van der Waals surface area contributed by atoms with Gasteiger partial charge in [0.1, 0.15) is 0 Å². The Balaban J connectivity index is 2.22. The second-order valence-corrected chi connectivity index (χ2v) is 5.28. The van der Waals surface area contributed by atoms with E-state index in [1.807, 2.05) is 12.1 Å². The van der Waals surface area contributed by atoms with Crippen LogP contribution in [-0.2, 0) is 0 Å². The summed E-state index contributed by atoms with van der Waals surface area (Å²) in [5.41, 5.74) is 7.16. The summed E-state index contributed by atoms with van der Waals surface area (Å²) in [7, 11) is 0. The third-order valence-electron chi connectivity index (χ3n) is 2.99. The van der Waals surface area contributed by atoms with E-state index in [1.54, 1.807) is 6.07 Å². The maximum absolute atomic E-state index is 12.1. The van der Waals surface area contributed by atoms with Crippen molar-refractivity contribution in [1.82, 2.24) is 10.3 Å². The highest BCUT2D eigenvalue weighted by Crippen LogP contribution is 2.24. The Hall–Kier alpha value is -1.62. The van der Waals surface area contributed by atoms with E-state index in [0.717, 1.165) is 23.1 Å². The number of hydrogen-bond donors (Lipinski definition) is 2. The highest BCUT2D eigenvalue weighted by atomic mass is 32.1. The number of amides is 1. The van der Waals surface area contributed by atoms with Gasteiger partial charge in [-0.2, -0.15) is 0 Å². The number of hydrogen-bond acceptors (Lipinski definition) is 4. The molecule has 4 nitrogen and oxygen atoms in total. The molecular weight excluding hydrogens is 246 g/mol. The molecule has 0 bridgehead atoms. The Labute approximate surface area is 110 Å². The van der Waals surface area contributed by atoms with Crippen molar-refractivity contribution in [2.45, 2.75) is 32.7 Å². The van der Waals surface area contributed by atoms with Gasteiger partial charge in [-0.15, -0.1) is 0 Å². The molecule has 0 aliphatic heterocycles. The first-order chi connectivity index (χ1) is 8.63. The fourth-order valence-electron chi connectivity index (χ4n) is 1.85. The molecule has 96 valence electrons. The van der Waals surface area contributed by atoms with Gasteiger partial charge in [-0.25, -0.2) is 4.98 Å². The van der Waals surface area contributed by atoms with Gasteiger partial charge in [-0.05, 0) is 31.0 Å². The zero-order chi connectivity index (χ0) is 13.1. The van der Waals surface area contributed by atoms with E-state index >= 15 is 0 Å². The van der Waals surface area contributed by atoms with Crippen LogP contribution in [0.5, 0.6) is 0 Å². The van der Waals surface area contributed by atoms with Crippen LogP contribution >= 0.6 is 11.3 Å². The first kappa shape index (κ1) is 12.8. The number of thiazole rings is 1. The summed E-state index contributed by atoms with van der Waals surface area (Å²) in [4.78, 5) is 16.2. The van der Waals surface area contributed by atoms with Gasteiger partial charge in [-0.1, -0.05) is 25.2 Å². The molecule has 2 rings (SSSR count). The van der Waals surface area contributed by atoms with Crippen molar-refractivity contribution in [1.29, 1.82) is 0 Å². The normalized spacial score (nSPS) is 11.1. The molecule has 0 aliphatic carbocycles. The number of nitrogens with two attached hydrogens (primary N) is 1. The smallest absolute Gasteiger partial charge is 0.251 e. The summed E-state index contributed by atoms with van der Waals surface area (Å²) in [6.45, 7) is 4.14. The second-order valence-electron chi connectivity index (χ2n) is 4.22. The van der Waals surface area contributed by atoms with Gasteiger partial charge in [0.05, 0.1) is 10.2 Å². The van der Waals surface area contributed by atoms with Gasteiger partial charge in [0.25, 0.3) is 5.91 Å². The minimum Gasteiger partial charge on any atom is -0.375 e. The number of anilines is 1. The Morgan fingerprint density at radius 2 is 2.17 bits per heavy atom. The molecule has 1 heterocycles. The molecular formula is C13H17N3OS. The van der Waals surface area contributed by atoms with Crippen LogP contribution in [0.2, 0.25) is 0 Å². The quantitative estimate of drug-likeness (QED) is 0.891. The van der Waals surface area contributed by atoms with Gasteiger partial charge < -0.3 is 11.1 Å². The van der Waals surface area contributed by atoms with Crippen LogP contribution < -0.4 is 11.1 Å². The zero-order valence-electron chi connectivity index (χ0n) is 10.6. The van der Waals surface area contributed by atoms with Crippen LogP contribution in [0.3, 0.4) is 0 Å². The molecule has 18 heavy (non-hydrogen) atoms. The number of carbonyl (C=O) groups is 1. The summed E-state index contributed by atoms with van der Waals surface area (Å²) in [6.07, 6.45) is 1.88.